The number of ether oxygens (including phenoxy) is 2. The van der Waals surface area contributed by atoms with E-state index < -0.39 is 5.97 Å². The third kappa shape index (κ3) is 2.74. The maximum absolute atomic E-state index is 11.1. The van der Waals surface area contributed by atoms with Crippen LogP contribution in [0.2, 0.25) is 0 Å². The molecule has 5 nitrogen and oxygen atoms in total. The average molecular weight is 297 g/mol. The minimum absolute atomic E-state index is 0.259. The molecule has 112 valence electrons. The normalized spacial score (nSPS) is 10.6. The number of fused-ring (bicyclic) bond motifs is 1. The molecule has 0 saturated carbocycles. The first kappa shape index (κ1) is 14.0. The Morgan fingerprint density at radius 2 is 2.00 bits per heavy atom. The predicted molar refractivity (Wildman–Crippen MR) is 82.6 cm³/mol. The lowest BCUT2D eigenvalue weighted by Gasteiger charge is -2.07. The Balaban J connectivity index is 1.84. The van der Waals surface area contributed by atoms with E-state index in [4.69, 9.17) is 14.6 Å². The van der Waals surface area contributed by atoms with Gasteiger partial charge in [-0.15, -0.1) is 0 Å². The molecule has 2 aromatic carbocycles. The van der Waals surface area contributed by atoms with Gasteiger partial charge in [0.15, 0.2) is 0 Å². The second-order valence-corrected chi connectivity index (χ2v) is 4.85. The number of carboxylic acids is 1. The van der Waals surface area contributed by atoms with E-state index in [0.717, 1.165) is 22.2 Å². The van der Waals surface area contributed by atoms with Crippen LogP contribution in [0.1, 0.15) is 15.9 Å². The summed E-state index contributed by atoms with van der Waals surface area (Å²) in [4.78, 5) is 14.2. The first-order valence-corrected chi connectivity index (χ1v) is 6.77. The van der Waals surface area contributed by atoms with Gasteiger partial charge in [-0.3, -0.25) is 0 Å². The van der Waals surface area contributed by atoms with Gasteiger partial charge in [0.25, 0.3) is 0 Å². The minimum Gasteiger partial charge on any atom is -0.497 e. The van der Waals surface area contributed by atoms with Gasteiger partial charge in [-0.2, -0.15) is 0 Å². The number of H-pyrrole nitrogens is 1. The average Bonchev–Trinajstić information content (AvgIpc) is 2.95. The molecule has 0 aliphatic carbocycles. The van der Waals surface area contributed by atoms with Crippen LogP contribution in [0.3, 0.4) is 0 Å². The van der Waals surface area contributed by atoms with E-state index >= 15 is 0 Å². The summed E-state index contributed by atoms with van der Waals surface area (Å²) in [5.74, 6) is 0.482. The molecule has 0 saturated heterocycles. The summed E-state index contributed by atoms with van der Waals surface area (Å²) in [6, 6.07) is 12.3. The number of carboxylic acid groups (broad SMARTS) is 1. The van der Waals surface area contributed by atoms with E-state index in [1.807, 2.05) is 24.4 Å². The third-order valence-corrected chi connectivity index (χ3v) is 3.45. The molecule has 0 radical (unpaired) electrons. The fraction of sp³-hybridized carbons (Fsp3) is 0.118. The smallest absolute Gasteiger partial charge is 0.335 e. The fourth-order valence-electron chi connectivity index (χ4n) is 2.28. The number of aromatic carboxylic acids is 1. The van der Waals surface area contributed by atoms with Gasteiger partial charge in [0, 0.05) is 28.7 Å². The molecule has 0 fully saturated rings. The first-order valence-electron chi connectivity index (χ1n) is 6.77. The molecule has 22 heavy (non-hydrogen) atoms. The first-order chi connectivity index (χ1) is 10.7. The predicted octanol–water partition coefficient (Wildman–Crippen LogP) is 3.45. The van der Waals surface area contributed by atoms with Crippen molar-refractivity contribution in [1.82, 2.24) is 4.98 Å². The van der Waals surface area contributed by atoms with Gasteiger partial charge in [0.2, 0.25) is 0 Å². The molecular weight excluding hydrogens is 282 g/mol. The van der Waals surface area contributed by atoms with Gasteiger partial charge in [0.05, 0.1) is 12.7 Å². The molecule has 3 rings (SSSR count). The SMILES string of the molecule is COc1cccc(OCc2c[nH]c3ccc(C(=O)O)cc23)c1. The molecule has 0 amide bonds. The minimum atomic E-state index is -0.942. The van der Waals surface area contributed by atoms with Gasteiger partial charge in [-0.05, 0) is 30.3 Å². The molecule has 3 aromatic rings. The zero-order valence-corrected chi connectivity index (χ0v) is 12.0. The highest BCUT2D eigenvalue weighted by atomic mass is 16.5. The Labute approximate surface area is 127 Å². The fourth-order valence-corrected chi connectivity index (χ4v) is 2.28. The van der Waals surface area contributed by atoms with Crippen molar-refractivity contribution in [1.29, 1.82) is 0 Å². The number of aromatic nitrogens is 1. The number of benzene rings is 2. The van der Waals surface area contributed by atoms with Crippen LogP contribution < -0.4 is 9.47 Å². The summed E-state index contributed by atoms with van der Waals surface area (Å²) in [5, 5.41) is 9.93. The van der Waals surface area contributed by atoms with Crippen LogP contribution in [-0.2, 0) is 6.61 Å². The zero-order valence-electron chi connectivity index (χ0n) is 12.0. The van der Waals surface area contributed by atoms with E-state index in [9.17, 15) is 4.79 Å². The van der Waals surface area contributed by atoms with Gasteiger partial charge >= 0.3 is 5.97 Å². The molecule has 2 N–H and O–H groups in total. The number of nitrogens with one attached hydrogen (secondary N) is 1. The molecule has 0 aliphatic rings. The molecule has 0 bridgehead atoms. The Morgan fingerprint density at radius 3 is 2.77 bits per heavy atom. The molecule has 1 aromatic heterocycles. The van der Waals surface area contributed by atoms with E-state index in [2.05, 4.69) is 4.98 Å². The van der Waals surface area contributed by atoms with E-state index in [1.165, 1.54) is 0 Å². The molecule has 0 aliphatic heterocycles. The van der Waals surface area contributed by atoms with Crippen molar-refractivity contribution in [3.8, 4) is 11.5 Å². The van der Waals surface area contributed by atoms with E-state index in [1.54, 1.807) is 31.4 Å². The highest BCUT2D eigenvalue weighted by Gasteiger charge is 2.09. The molecule has 5 heteroatoms. The Hall–Kier alpha value is -2.95. The molecule has 0 unspecified atom stereocenters. The van der Waals surface area contributed by atoms with Crippen LogP contribution >= 0.6 is 0 Å². The van der Waals surface area contributed by atoms with Crippen LogP contribution in [0.5, 0.6) is 11.5 Å². The lowest BCUT2D eigenvalue weighted by Crippen LogP contribution is -1.97. The molecular formula is C17H15NO4. The van der Waals surface area contributed by atoms with Crippen LogP contribution in [0.25, 0.3) is 10.9 Å². The summed E-state index contributed by atoms with van der Waals surface area (Å²) in [6.07, 6.45) is 1.83. The van der Waals surface area contributed by atoms with Crippen molar-refractivity contribution in [3.05, 3.63) is 59.8 Å². The van der Waals surface area contributed by atoms with E-state index in [0.29, 0.717) is 12.4 Å². The highest BCUT2D eigenvalue weighted by Crippen LogP contribution is 2.23. The van der Waals surface area contributed by atoms with Gasteiger partial charge in [-0.1, -0.05) is 6.07 Å². The molecule has 0 atom stereocenters. The Kier molecular flexibility index (Phi) is 3.70. The van der Waals surface area contributed by atoms with E-state index in [-0.39, 0.29) is 5.56 Å². The Bertz CT molecular complexity index is 822. The van der Waals surface area contributed by atoms with Crippen molar-refractivity contribution in [2.45, 2.75) is 6.61 Å². The van der Waals surface area contributed by atoms with Crippen molar-refractivity contribution >= 4 is 16.9 Å². The lowest BCUT2D eigenvalue weighted by atomic mass is 10.1. The second-order valence-electron chi connectivity index (χ2n) is 4.85. The number of aromatic amines is 1. The zero-order chi connectivity index (χ0) is 15.5. The van der Waals surface area contributed by atoms with Crippen LogP contribution in [0.15, 0.2) is 48.7 Å². The van der Waals surface area contributed by atoms with Crippen molar-refractivity contribution in [3.63, 3.8) is 0 Å². The summed E-state index contributed by atoms with van der Waals surface area (Å²) < 4.78 is 10.9. The molecule has 1 heterocycles. The standard InChI is InChI=1S/C17H15NO4/c1-21-13-3-2-4-14(8-13)22-10-12-9-18-16-6-5-11(17(19)20)7-15(12)16/h2-9,18H,10H2,1H3,(H,19,20). The maximum Gasteiger partial charge on any atom is 0.335 e. The summed E-state index contributed by atoms with van der Waals surface area (Å²) in [5.41, 5.74) is 2.05. The van der Waals surface area contributed by atoms with Crippen LogP contribution in [0.4, 0.5) is 0 Å². The number of carbonyl (C=O) groups is 1. The quantitative estimate of drug-likeness (QED) is 0.756. The monoisotopic (exact) mass is 297 g/mol. The summed E-state index contributed by atoms with van der Waals surface area (Å²) in [7, 11) is 1.60. The number of methoxy groups -OCH3 is 1. The largest absolute Gasteiger partial charge is 0.497 e. The second kappa shape index (κ2) is 5.81. The van der Waals surface area contributed by atoms with Gasteiger partial charge < -0.3 is 19.6 Å². The number of rotatable bonds is 5. The van der Waals surface area contributed by atoms with Gasteiger partial charge in [-0.25, -0.2) is 4.79 Å². The van der Waals surface area contributed by atoms with Crippen molar-refractivity contribution < 1.29 is 19.4 Å². The maximum atomic E-state index is 11.1. The Morgan fingerprint density at radius 1 is 1.18 bits per heavy atom. The highest BCUT2D eigenvalue weighted by molar-refractivity contribution is 5.94. The van der Waals surface area contributed by atoms with Crippen LogP contribution in [0, 0.1) is 0 Å². The van der Waals surface area contributed by atoms with Crippen LogP contribution in [-0.4, -0.2) is 23.2 Å². The topological polar surface area (TPSA) is 71.5 Å². The third-order valence-electron chi connectivity index (χ3n) is 3.45. The number of hydrogen-bond donors (Lipinski definition) is 2. The molecule has 0 spiro atoms. The van der Waals surface area contributed by atoms with Crippen molar-refractivity contribution in [2.24, 2.45) is 0 Å². The van der Waals surface area contributed by atoms with Gasteiger partial charge in [0.1, 0.15) is 18.1 Å². The lowest BCUT2D eigenvalue weighted by molar-refractivity contribution is 0.0697. The summed E-state index contributed by atoms with van der Waals surface area (Å²) >= 11 is 0. The summed E-state index contributed by atoms with van der Waals surface area (Å²) in [6.45, 7) is 0.343. The van der Waals surface area contributed by atoms with Crippen molar-refractivity contribution in [2.75, 3.05) is 7.11 Å². The number of hydrogen-bond acceptors (Lipinski definition) is 3.